The van der Waals surface area contributed by atoms with E-state index in [1.165, 1.54) is 0 Å². The van der Waals surface area contributed by atoms with Crippen LogP contribution in [0.5, 0.6) is 0 Å². The molecule has 0 radical (unpaired) electrons. The number of hydrogen-bond acceptors (Lipinski definition) is 4. The molecule has 1 rings (SSSR count). The number of nitrogens with zero attached hydrogens (tertiary/aromatic N) is 1. The molecule has 0 spiro atoms. The molecule has 0 aliphatic heterocycles. The standard InChI is InChI=1S/C15H24ClN3O2/c1-5-19(10(2)9-21-4)11(3)15(20)18-14-8-12(16)6-7-13(14)17/h6-8,10-11H,5,9,17H2,1-4H3,(H,18,20). The molecule has 0 fully saturated rings. The monoisotopic (exact) mass is 313 g/mol. The van der Waals surface area contributed by atoms with Crippen LogP contribution < -0.4 is 11.1 Å². The van der Waals surface area contributed by atoms with Gasteiger partial charge < -0.3 is 15.8 Å². The predicted molar refractivity (Wildman–Crippen MR) is 87.7 cm³/mol. The highest BCUT2D eigenvalue weighted by molar-refractivity contribution is 6.31. The molecule has 2 unspecified atom stereocenters. The number of nitrogens with two attached hydrogens (primary N) is 1. The molecule has 0 heterocycles. The smallest absolute Gasteiger partial charge is 0.241 e. The number of amides is 1. The van der Waals surface area contributed by atoms with Gasteiger partial charge in [0.25, 0.3) is 0 Å². The van der Waals surface area contributed by atoms with Crippen LogP contribution in [-0.2, 0) is 9.53 Å². The number of likely N-dealkylation sites (N-methyl/N-ethyl adjacent to an activating group) is 1. The quantitative estimate of drug-likeness (QED) is 0.759. The lowest BCUT2D eigenvalue weighted by molar-refractivity contribution is -0.121. The Morgan fingerprint density at radius 2 is 2.14 bits per heavy atom. The predicted octanol–water partition coefficient (Wildman–Crippen LogP) is 2.61. The Balaban J connectivity index is 2.79. The number of hydrogen-bond donors (Lipinski definition) is 2. The molecule has 0 bridgehead atoms. The van der Waals surface area contributed by atoms with E-state index in [4.69, 9.17) is 22.1 Å². The highest BCUT2D eigenvalue weighted by Gasteiger charge is 2.24. The number of carbonyl (C=O) groups is 1. The largest absolute Gasteiger partial charge is 0.397 e. The molecule has 6 heteroatoms. The topological polar surface area (TPSA) is 67.6 Å². The minimum absolute atomic E-state index is 0.117. The average molecular weight is 314 g/mol. The molecule has 1 aromatic carbocycles. The maximum absolute atomic E-state index is 12.4. The average Bonchev–Trinajstić information content (AvgIpc) is 2.43. The fourth-order valence-corrected chi connectivity index (χ4v) is 2.50. The first-order valence-corrected chi connectivity index (χ1v) is 7.39. The molecular weight excluding hydrogens is 290 g/mol. The summed E-state index contributed by atoms with van der Waals surface area (Å²) >= 11 is 5.93. The van der Waals surface area contributed by atoms with E-state index >= 15 is 0 Å². The Morgan fingerprint density at radius 1 is 1.48 bits per heavy atom. The van der Waals surface area contributed by atoms with Crippen LogP contribution in [0.15, 0.2) is 18.2 Å². The molecule has 5 nitrogen and oxygen atoms in total. The van der Waals surface area contributed by atoms with Crippen molar-refractivity contribution in [1.82, 2.24) is 4.90 Å². The summed E-state index contributed by atoms with van der Waals surface area (Å²) in [6.45, 7) is 7.24. The summed E-state index contributed by atoms with van der Waals surface area (Å²) in [4.78, 5) is 14.5. The van der Waals surface area contributed by atoms with Crippen LogP contribution in [-0.4, -0.2) is 43.2 Å². The zero-order valence-electron chi connectivity index (χ0n) is 13.0. The zero-order chi connectivity index (χ0) is 16.0. The Kier molecular flexibility index (Phi) is 6.95. The lowest BCUT2D eigenvalue weighted by atomic mass is 10.2. The van der Waals surface area contributed by atoms with Gasteiger partial charge in [0.2, 0.25) is 5.91 Å². The van der Waals surface area contributed by atoms with Gasteiger partial charge in [0.1, 0.15) is 0 Å². The Morgan fingerprint density at radius 3 is 2.71 bits per heavy atom. The fraction of sp³-hybridized carbons (Fsp3) is 0.533. The molecule has 2 atom stereocenters. The van der Waals surface area contributed by atoms with Crippen molar-refractivity contribution in [2.75, 3.05) is 31.3 Å². The molecule has 1 aromatic rings. The number of carbonyl (C=O) groups excluding carboxylic acids is 1. The van der Waals surface area contributed by atoms with E-state index in [0.717, 1.165) is 6.54 Å². The van der Waals surface area contributed by atoms with Crippen molar-refractivity contribution in [1.29, 1.82) is 0 Å². The third-order valence-corrected chi connectivity index (χ3v) is 3.72. The van der Waals surface area contributed by atoms with E-state index in [1.54, 1.807) is 25.3 Å². The van der Waals surface area contributed by atoms with Gasteiger partial charge in [-0.05, 0) is 38.6 Å². The first-order chi connectivity index (χ1) is 9.90. The molecule has 118 valence electrons. The summed E-state index contributed by atoms with van der Waals surface area (Å²) in [6, 6.07) is 4.87. The SMILES string of the molecule is CCN(C(C)COC)C(C)C(=O)Nc1cc(Cl)ccc1N. The number of nitrogens with one attached hydrogen (secondary N) is 1. The molecule has 3 N–H and O–H groups in total. The molecule has 0 saturated carbocycles. The van der Waals surface area contributed by atoms with Crippen LogP contribution in [0.25, 0.3) is 0 Å². The Hall–Kier alpha value is -1.30. The molecule has 21 heavy (non-hydrogen) atoms. The summed E-state index contributed by atoms with van der Waals surface area (Å²) < 4.78 is 5.16. The van der Waals surface area contributed by atoms with E-state index < -0.39 is 0 Å². The van der Waals surface area contributed by atoms with E-state index in [1.807, 2.05) is 20.8 Å². The van der Waals surface area contributed by atoms with Crippen molar-refractivity contribution in [3.63, 3.8) is 0 Å². The lowest BCUT2D eigenvalue weighted by Gasteiger charge is -2.32. The Bertz CT molecular complexity index is 482. The van der Waals surface area contributed by atoms with Gasteiger partial charge in [-0.25, -0.2) is 0 Å². The van der Waals surface area contributed by atoms with Crippen molar-refractivity contribution < 1.29 is 9.53 Å². The maximum atomic E-state index is 12.4. The number of halogens is 1. The van der Waals surface area contributed by atoms with Gasteiger partial charge in [0.05, 0.1) is 24.0 Å². The normalized spacial score (nSPS) is 14.0. The molecule has 1 amide bonds. The Labute approximate surface area is 131 Å². The van der Waals surface area contributed by atoms with Crippen LogP contribution in [0.4, 0.5) is 11.4 Å². The van der Waals surface area contributed by atoms with Crippen LogP contribution in [0, 0.1) is 0 Å². The van der Waals surface area contributed by atoms with Crippen LogP contribution in [0.3, 0.4) is 0 Å². The summed E-state index contributed by atoms with van der Waals surface area (Å²) in [5.41, 5.74) is 6.88. The van der Waals surface area contributed by atoms with Gasteiger partial charge in [0, 0.05) is 18.2 Å². The van der Waals surface area contributed by atoms with Crippen molar-refractivity contribution >= 4 is 28.9 Å². The first-order valence-electron chi connectivity index (χ1n) is 7.01. The van der Waals surface area contributed by atoms with E-state index in [2.05, 4.69) is 10.2 Å². The minimum atomic E-state index is -0.293. The third-order valence-electron chi connectivity index (χ3n) is 3.49. The van der Waals surface area contributed by atoms with Gasteiger partial charge in [-0.15, -0.1) is 0 Å². The van der Waals surface area contributed by atoms with Crippen LogP contribution in [0.2, 0.25) is 5.02 Å². The summed E-state index contributed by atoms with van der Waals surface area (Å²) in [7, 11) is 1.65. The summed E-state index contributed by atoms with van der Waals surface area (Å²) in [6.07, 6.45) is 0. The minimum Gasteiger partial charge on any atom is -0.397 e. The van der Waals surface area contributed by atoms with Crippen molar-refractivity contribution in [3.05, 3.63) is 23.2 Å². The second-order valence-electron chi connectivity index (χ2n) is 5.03. The van der Waals surface area contributed by atoms with Crippen molar-refractivity contribution in [2.24, 2.45) is 0 Å². The van der Waals surface area contributed by atoms with Crippen molar-refractivity contribution in [2.45, 2.75) is 32.9 Å². The fourth-order valence-electron chi connectivity index (χ4n) is 2.33. The third kappa shape index (κ3) is 4.88. The maximum Gasteiger partial charge on any atom is 0.241 e. The summed E-state index contributed by atoms with van der Waals surface area (Å²) in [5, 5.41) is 3.37. The second kappa shape index (κ2) is 8.22. The molecule has 0 saturated heterocycles. The molecule has 0 aliphatic carbocycles. The number of nitrogen functional groups attached to an aromatic ring is 1. The molecule has 0 aromatic heterocycles. The van der Waals surface area contributed by atoms with Crippen LogP contribution >= 0.6 is 11.6 Å². The summed E-state index contributed by atoms with van der Waals surface area (Å²) in [5.74, 6) is -0.117. The highest BCUT2D eigenvalue weighted by atomic mass is 35.5. The lowest BCUT2D eigenvalue weighted by Crippen LogP contribution is -2.48. The second-order valence-corrected chi connectivity index (χ2v) is 5.47. The number of ether oxygens (including phenoxy) is 1. The van der Waals surface area contributed by atoms with E-state index in [0.29, 0.717) is 23.0 Å². The zero-order valence-corrected chi connectivity index (χ0v) is 13.8. The molecular formula is C15H24ClN3O2. The molecule has 0 aliphatic rings. The van der Waals surface area contributed by atoms with E-state index in [9.17, 15) is 4.79 Å². The van der Waals surface area contributed by atoms with Crippen molar-refractivity contribution in [3.8, 4) is 0 Å². The van der Waals surface area contributed by atoms with Gasteiger partial charge in [-0.3, -0.25) is 9.69 Å². The number of anilines is 2. The number of rotatable bonds is 7. The van der Waals surface area contributed by atoms with Gasteiger partial charge >= 0.3 is 0 Å². The number of benzene rings is 1. The first kappa shape index (κ1) is 17.8. The number of methoxy groups -OCH3 is 1. The van der Waals surface area contributed by atoms with Gasteiger partial charge in [-0.1, -0.05) is 18.5 Å². The highest BCUT2D eigenvalue weighted by Crippen LogP contribution is 2.23. The van der Waals surface area contributed by atoms with Crippen LogP contribution in [0.1, 0.15) is 20.8 Å². The van der Waals surface area contributed by atoms with Gasteiger partial charge in [0.15, 0.2) is 0 Å². The van der Waals surface area contributed by atoms with Gasteiger partial charge in [-0.2, -0.15) is 0 Å². The van der Waals surface area contributed by atoms with E-state index in [-0.39, 0.29) is 18.0 Å².